The van der Waals surface area contributed by atoms with E-state index in [0.29, 0.717) is 6.61 Å². The molecule has 0 aromatic rings. The van der Waals surface area contributed by atoms with Crippen molar-refractivity contribution in [3.8, 4) is 0 Å². The summed E-state index contributed by atoms with van der Waals surface area (Å²) in [6, 6.07) is 0. The second-order valence-corrected chi connectivity index (χ2v) is 2.86. The zero-order chi connectivity index (χ0) is 11.1. The zero-order valence-electron chi connectivity index (χ0n) is 9.29. The number of hydrogen-bond donors (Lipinski definition) is 0. The standard InChI is InChI=1S/C9H12O3.C2H6/c1-3-12-9(11)8-5-7(10)4-6(8)2;1-2/h4,8H,3,5H2,1-2H3;1-2H3. The number of carbonyl (C=O) groups is 2. The molecule has 1 unspecified atom stereocenters. The molecule has 14 heavy (non-hydrogen) atoms. The van der Waals surface area contributed by atoms with E-state index in [0.717, 1.165) is 5.57 Å². The highest BCUT2D eigenvalue weighted by atomic mass is 16.5. The molecule has 0 spiro atoms. The molecule has 1 atom stereocenters. The number of rotatable bonds is 2. The maximum atomic E-state index is 11.2. The SMILES string of the molecule is CC.CCOC(=O)C1CC(=O)C=C1C. The summed E-state index contributed by atoms with van der Waals surface area (Å²) in [6.45, 7) is 7.91. The van der Waals surface area contributed by atoms with E-state index in [2.05, 4.69) is 0 Å². The van der Waals surface area contributed by atoms with Crippen LogP contribution in [0, 0.1) is 5.92 Å². The Morgan fingerprint density at radius 1 is 1.57 bits per heavy atom. The second kappa shape index (κ2) is 6.35. The van der Waals surface area contributed by atoms with Gasteiger partial charge in [0.1, 0.15) is 0 Å². The summed E-state index contributed by atoms with van der Waals surface area (Å²) < 4.78 is 4.81. The van der Waals surface area contributed by atoms with Gasteiger partial charge >= 0.3 is 5.97 Å². The molecule has 0 aromatic heterocycles. The maximum Gasteiger partial charge on any atom is 0.313 e. The highest BCUT2D eigenvalue weighted by Gasteiger charge is 2.29. The van der Waals surface area contributed by atoms with Gasteiger partial charge in [-0.15, -0.1) is 0 Å². The van der Waals surface area contributed by atoms with Gasteiger partial charge in [0, 0.05) is 6.42 Å². The van der Waals surface area contributed by atoms with Crippen molar-refractivity contribution in [3.63, 3.8) is 0 Å². The lowest BCUT2D eigenvalue weighted by atomic mass is 10.0. The number of hydrogen-bond acceptors (Lipinski definition) is 3. The Morgan fingerprint density at radius 2 is 2.14 bits per heavy atom. The smallest absolute Gasteiger partial charge is 0.313 e. The van der Waals surface area contributed by atoms with Crippen LogP contribution in [0.1, 0.15) is 34.1 Å². The highest BCUT2D eigenvalue weighted by molar-refractivity contribution is 5.98. The molecule has 0 saturated heterocycles. The van der Waals surface area contributed by atoms with Crippen LogP contribution in [-0.2, 0) is 14.3 Å². The van der Waals surface area contributed by atoms with E-state index in [1.165, 1.54) is 6.08 Å². The van der Waals surface area contributed by atoms with E-state index < -0.39 is 0 Å². The third-order valence-electron chi connectivity index (χ3n) is 1.91. The van der Waals surface area contributed by atoms with Crippen molar-refractivity contribution in [2.24, 2.45) is 5.92 Å². The van der Waals surface area contributed by atoms with Gasteiger partial charge in [-0.25, -0.2) is 0 Å². The fourth-order valence-electron chi connectivity index (χ4n) is 1.29. The van der Waals surface area contributed by atoms with Crippen molar-refractivity contribution in [1.82, 2.24) is 0 Å². The Bertz CT molecular complexity index is 241. The number of carbonyl (C=O) groups excluding carboxylic acids is 2. The molecule has 0 aromatic carbocycles. The van der Waals surface area contributed by atoms with Crippen LogP contribution in [-0.4, -0.2) is 18.4 Å². The molecule has 0 heterocycles. The monoisotopic (exact) mass is 198 g/mol. The molecule has 3 heteroatoms. The van der Waals surface area contributed by atoms with Crippen molar-refractivity contribution < 1.29 is 14.3 Å². The van der Waals surface area contributed by atoms with Crippen molar-refractivity contribution in [2.75, 3.05) is 6.61 Å². The van der Waals surface area contributed by atoms with Crippen LogP contribution in [0.3, 0.4) is 0 Å². The molecule has 0 fully saturated rings. The summed E-state index contributed by atoms with van der Waals surface area (Å²) in [5.74, 6) is -0.583. The third kappa shape index (κ3) is 3.32. The lowest BCUT2D eigenvalue weighted by Gasteiger charge is -2.08. The average Bonchev–Trinajstić information content (AvgIpc) is 2.49. The van der Waals surface area contributed by atoms with Crippen molar-refractivity contribution in [3.05, 3.63) is 11.6 Å². The molecule has 80 valence electrons. The molecule has 0 amide bonds. The normalized spacial score (nSPS) is 19.6. The van der Waals surface area contributed by atoms with Gasteiger partial charge in [0.05, 0.1) is 12.5 Å². The van der Waals surface area contributed by atoms with Crippen LogP contribution >= 0.6 is 0 Å². The Morgan fingerprint density at radius 3 is 2.50 bits per heavy atom. The minimum atomic E-state index is -0.322. The summed E-state index contributed by atoms with van der Waals surface area (Å²) >= 11 is 0. The maximum absolute atomic E-state index is 11.2. The lowest BCUT2D eigenvalue weighted by Crippen LogP contribution is -2.17. The summed E-state index contributed by atoms with van der Waals surface area (Å²) in [5, 5.41) is 0. The van der Waals surface area contributed by atoms with Crippen molar-refractivity contribution in [1.29, 1.82) is 0 Å². The van der Waals surface area contributed by atoms with Crippen LogP contribution < -0.4 is 0 Å². The van der Waals surface area contributed by atoms with E-state index >= 15 is 0 Å². The van der Waals surface area contributed by atoms with E-state index in [1.54, 1.807) is 13.8 Å². The number of ketones is 1. The minimum absolute atomic E-state index is 0.0190. The fourth-order valence-corrected chi connectivity index (χ4v) is 1.29. The first-order valence-electron chi connectivity index (χ1n) is 5.02. The molecule has 0 radical (unpaired) electrons. The van der Waals surface area contributed by atoms with Gasteiger partial charge in [-0.05, 0) is 19.9 Å². The first kappa shape index (κ1) is 12.9. The first-order valence-corrected chi connectivity index (χ1v) is 5.02. The first-order chi connectivity index (χ1) is 6.65. The summed E-state index contributed by atoms with van der Waals surface area (Å²) in [6.07, 6.45) is 1.80. The Hall–Kier alpha value is -1.12. The van der Waals surface area contributed by atoms with Crippen LogP contribution in [0.25, 0.3) is 0 Å². The van der Waals surface area contributed by atoms with E-state index in [9.17, 15) is 9.59 Å². The molecule has 0 saturated carbocycles. The predicted octanol–water partition coefficient (Wildman–Crippen LogP) is 2.11. The van der Waals surface area contributed by atoms with E-state index in [4.69, 9.17) is 4.74 Å². The van der Waals surface area contributed by atoms with Gasteiger partial charge in [0.2, 0.25) is 0 Å². The topological polar surface area (TPSA) is 43.4 Å². The molecule has 0 N–H and O–H groups in total. The molecule has 0 bridgehead atoms. The van der Waals surface area contributed by atoms with Crippen LogP contribution in [0.15, 0.2) is 11.6 Å². The van der Waals surface area contributed by atoms with Gasteiger partial charge in [0.25, 0.3) is 0 Å². The molecule has 3 nitrogen and oxygen atoms in total. The molecular formula is C11H18O3. The van der Waals surface area contributed by atoms with Crippen molar-refractivity contribution in [2.45, 2.75) is 34.1 Å². The van der Waals surface area contributed by atoms with E-state index in [-0.39, 0.29) is 24.1 Å². The van der Waals surface area contributed by atoms with Gasteiger partial charge < -0.3 is 4.74 Å². The molecule has 1 aliphatic carbocycles. The predicted molar refractivity (Wildman–Crippen MR) is 54.9 cm³/mol. The second-order valence-electron chi connectivity index (χ2n) is 2.86. The molecule has 1 rings (SSSR count). The Labute approximate surface area is 85.1 Å². The Balaban J connectivity index is 0.000000791. The van der Waals surface area contributed by atoms with Crippen LogP contribution in [0.2, 0.25) is 0 Å². The van der Waals surface area contributed by atoms with Gasteiger partial charge in [-0.1, -0.05) is 19.4 Å². The number of allylic oxidation sites excluding steroid dienone is 1. The van der Waals surface area contributed by atoms with Crippen LogP contribution in [0.5, 0.6) is 0 Å². The quantitative estimate of drug-likeness (QED) is 0.638. The zero-order valence-corrected chi connectivity index (χ0v) is 9.29. The summed E-state index contributed by atoms with van der Waals surface area (Å²) in [5.41, 5.74) is 0.818. The number of esters is 1. The molecular weight excluding hydrogens is 180 g/mol. The third-order valence-corrected chi connectivity index (χ3v) is 1.91. The largest absolute Gasteiger partial charge is 0.466 e. The lowest BCUT2D eigenvalue weighted by molar-refractivity contribution is -0.147. The van der Waals surface area contributed by atoms with Gasteiger partial charge in [-0.3, -0.25) is 9.59 Å². The van der Waals surface area contributed by atoms with Gasteiger partial charge in [-0.2, -0.15) is 0 Å². The van der Waals surface area contributed by atoms with Gasteiger partial charge in [0.15, 0.2) is 5.78 Å². The number of ether oxygens (including phenoxy) is 1. The highest BCUT2D eigenvalue weighted by Crippen LogP contribution is 2.23. The Kier molecular flexibility index (Phi) is 5.84. The summed E-state index contributed by atoms with van der Waals surface area (Å²) in [4.78, 5) is 22.1. The van der Waals surface area contributed by atoms with E-state index in [1.807, 2.05) is 13.8 Å². The van der Waals surface area contributed by atoms with Crippen LogP contribution in [0.4, 0.5) is 0 Å². The molecule has 0 aliphatic heterocycles. The average molecular weight is 198 g/mol. The van der Waals surface area contributed by atoms with Crippen molar-refractivity contribution >= 4 is 11.8 Å². The minimum Gasteiger partial charge on any atom is -0.466 e. The fraction of sp³-hybridized carbons (Fsp3) is 0.636. The summed E-state index contributed by atoms with van der Waals surface area (Å²) in [7, 11) is 0. The molecule has 1 aliphatic rings.